The largest absolute Gasteiger partial charge is 0.442 e. The molecule has 0 bridgehead atoms. The number of aromatic nitrogens is 1. The molecule has 1 fully saturated rings. The van der Waals surface area contributed by atoms with E-state index in [0.29, 0.717) is 5.13 Å². The number of nitrogens with one attached hydrogen (secondary N) is 1. The number of amides is 2. The third-order valence-electron chi connectivity index (χ3n) is 3.92. The summed E-state index contributed by atoms with van der Waals surface area (Å²) in [6, 6.07) is 2.16. The number of benzene rings is 1. The number of cyclic esters (lactones) is 1. The van der Waals surface area contributed by atoms with Gasteiger partial charge in [0.05, 0.1) is 30.0 Å². The summed E-state index contributed by atoms with van der Waals surface area (Å²) in [5.74, 6) is -1.90. The Balaban J connectivity index is 1.84. The molecule has 2 aromatic rings. The SMILES string of the molecule is CC(=O)NCC1CN(c2cc(F)c(-c3csc(N(C)C)n3)c(F)c2)C(=O)O1. The van der Waals surface area contributed by atoms with Crippen molar-refractivity contribution < 1.29 is 23.1 Å². The van der Waals surface area contributed by atoms with E-state index in [9.17, 15) is 18.4 Å². The zero-order valence-corrected chi connectivity index (χ0v) is 15.8. The Labute approximate surface area is 158 Å². The van der Waals surface area contributed by atoms with Gasteiger partial charge in [-0.3, -0.25) is 9.69 Å². The van der Waals surface area contributed by atoms with Crippen molar-refractivity contribution in [3.05, 3.63) is 29.1 Å². The van der Waals surface area contributed by atoms with E-state index >= 15 is 0 Å². The molecule has 7 nitrogen and oxygen atoms in total. The highest BCUT2D eigenvalue weighted by atomic mass is 32.1. The highest BCUT2D eigenvalue weighted by molar-refractivity contribution is 7.14. The van der Waals surface area contributed by atoms with E-state index in [0.717, 1.165) is 17.0 Å². The summed E-state index contributed by atoms with van der Waals surface area (Å²) in [7, 11) is 3.57. The molecule has 144 valence electrons. The molecule has 3 rings (SSSR count). The van der Waals surface area contributed by atoms with Crippen LogP contribution in [0.1, 0.15) is 6.92 Å². The number of nitrogens with zero attached hydrogens (tertiary/aromatic N) is 3. The highest BCUT2D eigenvalue weighted by Crippen LogP contribution is 2.33. The van der Waals surface area contributed by atoms with Gasteiger partial charge in [0.15, 0.2) is 5.13 Å². The van der Waals surface area contributed by atoms with Crippen molar-refractivity contribution in [1.82, 2.24) is 10.3 Å². The molecule has 1 N–H and O–H groups in total. The number of anilines is 2. The van der Waals surface area contributed by atoms with Gasteiger partial charge in [0.2, 0.25) is 5.91 Å². The van der Waals surface area contributed by atoms with Crippen LogP contribution in [0.4, 0.5) is 24.4 Å². The average Bonchev–Trinajstić information content (AvgIpc) is 3.19. The van der Waals surface area contributed by atoms with Crippen molar-refractivity contribution in [2.75, 3.05) is 37.0 Å². The van der Waals surface area contributed by atoms with Crippen molar-refractivity contribution in [3.63, 3.8) is 0 Å². The predicted molar refractivity (Wildman–Crippen MR) is 98.1 cm³/mol. The number of rotatable bonds is 5. The lowest BCUT2D eigenvalue weighted by Gasteiger charge is -2.15. The minimum atomic E-state index is -0.821. The lowest BCUT2D eigenvalue weighted by molar-refractivity contribution is -0.119. The van der Waals surface area contributed by atoms with E-state index in [1.807, 2.05) is 0 Å². The Morgan fingerprint density at radius 3 is 2.63 bits per heavy atom. The van der Waals surface area contributed by atoms with Crippen LogP contribution >= 0.6 is 11.3 Å². The second kappa shape index (κ2) is 7.47. The lowest BCUT2D eigenvalue weighted by Crippen LogP contribution is -2.33. The maximum Gasteiger partial charge on any atom is 0.414 e. The maximum atomic E-state index is 14.6. The molecular weight excluding hydrogens is 378 g/mol. The van der Waals surface area contributed by atoms with Crippen molar-refractivity contribution in [2.24, 2.45) is 0 Å². The summed E-state index contributed by atoms with van der Waals surface area (Å²) in [4.78, 5) is 30.1. The fourth-order valence-corrected chi connectivity index (χ4v) is 3.39. The van der Waals surface area contributed by atoms with Crippen molar-refractivity contribution in [3.8, 4) is 11.3 Å². The molecule has 1 unspecified atom stereocenters. The third kappa shape index (κ3) is 4.00. The van der Waals surface area contributed by atoms with Crippen molar-refractivity contribution >= 4 is 34.2 Å². The van der Waals surface area contributed by atoms with E-state index < -0.39 is 23.8 Å². The Kier molecular flexibility index (Phi) is 5.26. The van der Waals surface area contributed by atoms with E-state index in [-0.39, 0.29) is 35.9 Å². The highest BCUT2D eigenvalue weighted by Gasteiger charge is 2.33. The Morgan fingerprint density at radius 2 is 2.07 bits per heavy atom. The number of hydrogen-bond donors (Lipinski definition) is 1. The van der Waals surface area contributed by atoms with Crippen LogP contribution in [-0.4, -0.2) is 50.3 Å². The van der Waals surface area contributed by atoms with Crippen LogP contribution in [0.25, 0.3) is 11.3 Å². The van der Waals surface area contributed by atoms with E-state index in [4.69, 9.17) is 4.74 Å². The van der Waals surface area contributed by atoms with E-state index in [1.54, 1.807) is 24.4 Å². The molecule has 1 aliphatic rings. The molecule has 1 saturated heterocycles. The fraction of sp³-hybridized carbons (Fsp3) is 0.353. The van der Waals surface area contributed by atoms with Gasteiger partial charge in [-0.2, -0.15) is 0 Å². The zero-order valence-electron chi connectivity index (χ0n) is 15.0. The van der Waals surface area contributed by atoms with Crippen LogP contribution in [0.5, 0.6) is 0 Å². The minimum absolute atomic E-state index is 0.0483. The molecule has 10 heteroatoms. The number of ether oxygens (including phenoxy) is 1. The molecule has 0 aliphatic carbocycles. The van der Waals surface area contributed by atoms with Gasteiger partial charge in [0.1, 0.15) is 17.7 Å². The van der Waals surface area contributed by atoms with Gasteiger partial charge < -0.3 is 15.0 Å². The Morgan fingerprint density at radius 1 is 1.41 bits per heavy atom. The standard InChI is InChI=1S/C17H18F2N4O3S/c1-9(24)20-6-11-7-23(17(25)26-11)10-4-12(18)15(13(19)5-10)14-8-27-16(21-14)22(2)3/h4-5,8,11H,6-7H2,1-3H3,(H,20,24). The van der Waals surface area contributed by atoms with Gasteiger partial charge >= 0.3 is 6.09 Å². The second-order valence-electron chi connectivity index (χ2n) is 6.25. The summed E-state index contributed by atoms with van der Waals surface area (Å²) in [5, 5.41) is 4.74. The van der Waals surface area contributed by atoms with Gasteiger partial charge in [-0.1, -0.05) is 0 Å². The molecule has 0 spiro atoms. The first-order valence-electron chi connectivity index (χ1n) is 8.11. The predicted octanol–water partition coefficient (Wildman–Crippen LogP) is 2.62. The number of carbonyl (C=O) groups excluding carboxylic acids is 2. The van der Waals surface area contributed by atoms with Crippen LogP contribution < -0.4 is 15.1 Å². The third-order valence-corrected chi connectivity index (χ3v) is 4.93. The minimum Gasteiger partial charge on any atom is -0.442 e. The summed E-state index contributed by atoms with van der Waals surface area (Å²) in [5.41, 5.74) is -0.00428. The first-order valence-corrected chi connectivity index (χ1v) is 8.99. The van der Waals surface area contributed by atoms with E-state index in [2.05, 4.69) is 10.3 Å². The van der Waals surface area contributed by atoms with Crippen LogP contribution in [-0.2, 0) is 9.53 Å². The zero-order chi connectivity index (χ0) is 19.7. The summed E-state index contributed by atoms with van der Waals surface area (Å²) < 4.78 is 34.3. The lowest BCUT2D eigenvalue weighted by atomic mass is 10.1. The van der Waals surface area contributed by atoms with Crippen LogP contribution in [0, 0.1) is 11.6 Å². The molecule has 2 heterocycles. The molecule has 1 aromatic heterocycles. The molecule has 1 aromatic carbocycles. The molecule has 1 aliphatic heterocycles. The number of halogens is 2. The van der Waals surface area contributed by atoms with Gasteiger partial charge in [-0.05, 0) is 12.1 Å². The summed E-state index contributed by atoms with van der Waals surface area (Å²) in [6.45, 7) is 1.56. The molecule has 0 radical (unpaired) electrons. The van der Waals surface area contributed by atoms with Gasteiger partial charge in [0, 0.05) is 26.4 Å². The number of hydrogen-bond acceptors (Lipinski definition) is 6. The molecule has 27 heavy (non-hydrogen) atoms. The maximum absolute atomic E-state index is 14.6. The summed E-state index contributed by atoms with van der Waals surface area (Å²) in [6.07, 6.45) is -1.31. The first kappa shape index (κ1) is 19.0. The van der Waals surface area contributed by atoms with Gasteiger partial charge in [0.25, 0.3) is 0 Å². The normalized spacial score (nSPS) is 16.4. The van der Waals surface area contributed by atoms with Gasteiger partial charge in [-0.25, -0.2) is 18.6 Å². The van der Waals surface area contributed by atoms with Crippen LogP contribution in [0.3, 0.4) is 0 Å². The monoisotopic (exact) mass is 396 g/mol. The topological polar surface area (TPSA) is 74.8 Å². The van der Waals surface area contributed by atoms with Crippen molar-refractivity contribution in [1.29, 1.82) is 0 Å². The quantitative estimate of drug-likeness (QED) is 0.841. The molecule has 1 atom stereocenters. The first-order chi connectivity index (χ1) is 12.8. The number of thiazole rings is 1. The molecular formula is C17H18F2N4O3S. The molecule has 0 saturated carbocycles. The average molecular weight is 396 g/mol. The molecule has 2 amide bonds. The van der Waals surface area contributed by atoms with Crippen LogP contribution in [0.15, 0.2) is 17.5 Å². The smallest absolute Gasteiger partial charge is 0.414 e. The fourth-order valence-electron chi connectivity index (χ4n) is 2.64. The Hall–Kier alpha value is -2.75. The van der Waals surface area contributed by atoms with Crippen LogP contribution in [0.2, 0.25) is 0 Å². The van der Waals surface area contributed by atoms with E-state index in [1.165, 1.54) is 18.3 Å². The second-order valence-corrected chi connectivity index (χ2v) is 7.08. The number of carbonyl (C=O) groups is 2. The van der Waals surface area contributed by atoms with Gasteiger partial charge in [-0.15, -0.1) is 11.3 Å². The summed E-state index contributed by atoms with van der Waals surface area (Å²) >= 11 is 1.27. The van der Waals surface area contributed by atoms with Crippen molar-refractivity contribution in [2.45, 2.75) is 13.0 Å². The Bertz CT molecular complexity index is 864.